The average molecular weight is 185 g/mol. The fourth-order valence-electron chi connectivity index (χ4n) is 1.71. The van der Waals surface area contributed by atoms with Gasteiger partial charge in [-0.2, -0.15) is 0 Å². The summed E-state index contributed by atoms with van der Waals surface area (Å²) in [6.07, 6.45) is 4.03. The predicted octanol–water partition coefficient (Wildman–Crippen LogP) is 0.927. The van der Waals surface area contributed by atoms with Crippen molar-refractivity contribution in [1.29, 1.82) is 0 Å². The Hall–Kier alpha value is -0.120. The molecular weight excluding hydrogens is 162 g/mol. The molecule has 0 aromatic heterocycles. The minimum atomic E-state index is 0.761. The number of nitrogens with zero attached hydrogens (tertiary/aromatic N) is 2. The molecule has 3 heteroatoms. The van der Waals surface area contributed by atoms with Crippen LogP contribution in [0.5, 0.6) is 0 Å². The van der Waals surface area contributed by atoms with Gasteiger partial charge in [0, 0.05) is 19.6 Å². The standard InChI is InChI=1S/C10H23N3/c1-4-12(2)8-6-5-7-10-9-13(3)11-10/h10-11H,4-9H2,1-3H3. The van der Waals surface area contributed by atoms with Crippen molar-refractivity contribution < 1.29 is 0 Å². The first-order chi connectivity index (χ1) is 6.22. The van der Waals surface area contributed by atoms with E-state index in [1.807, 2.05) is 0 Å². The molecule has 13 heavy (non-hydrogen) atoms. The molecule has 1 aliphatic heterocycles. The molecule has 1 fully saturated rings. The Balaban J connectivity index is 1.84. The summed E-state index contributed by atoms with van der Waals surface area (Å²) in [6, 6.07) is 0.761. The van der Waals surface area contributed by atoms with Crippen LogP contribution in [0.1, 0.15) is 26.2 Å². The minimum Gasteiger partial charge on any atom is -0.307 e. The molecule has 1 saturated heterocycles. The first-order valence-electron chi connectivity index (χ1n) is 5.38. The first kappa shape index (κ1) is 11.0. The minimum absolute atomic E-state index is 0.761. The molecule has 0 aromatic carbocycles. The van der Waals surface area contributed by atoms with Gasteiger partial charge in [0.15, 0.2) is 0 Å². The number of hydrogen-bond acceptors (Lipinski definition) is 3. The fourth-order valence-corrected chi connectivity index (χ4v) is 1.71. The number of likely N-dealkylation sites (N-methyl/N-ethyl adjacent to an activating group) is 1. The summed E-state index contributed by atoms with van der Waals surface area (Å²) in [6.45, 7) is 5.86. The quantitative estimate of drug-likeness (QED) is 0.621. The van der Waals surface area contributed by atoms with E-state index in [9.17, 15) is 0 Å². The molecule has 0 saturated carbocycles. The van der Waals surface area contributed by atoms with Crippen molar-refractivity contribution in [3.63, 3.8) is 0 Å². The maximum absolute atomic E-state index is 3.36. The van der Waals surface area contributed by atoms with Gasteiger partial charge in [0.05, 0.1) is 0 Å². The van der Waals surface area contributed by atoms with Crippen molar-refractivity contribution in [3.8, 4) is 0 Å². The Morgan fingerprint density at radius 3 is 2.69 bits per heavy atom. The molecule has 1 aliphatic rings. The highest BCUT2D eigenvalue weighted by molar-refractivity contribution is 4.76. The van der Waals surface area contributed by atoms with Crippen LogP contribution in [0, 0.1) is 0 Å². The Morgan fingerprint density at radius 1 is 1.46 bits per heavy atom. The summed E-state index contributed by atoms with van der Waals surface area (Å²) < 4.78 is 0. The number of hydrogen-bond donors (Lipinski definition) is 1. The Morgan fingerprint density at radius 2 is 2.15 bits per heavy atom. The summed E-state index contributed by atoms with van der Waals surface area (Å²) in [7, 11) is 4.29. The highest BCUT2D eigenvalue weighted by Gasteiger charge is 2.20. The monoisotopic (exact) mass is 185 g/mol. The van der Waals surface area contributed by atoms with Crippen molar-refractivity contribution in [2.24, 2.45) is 0 Å². The van der Waals surface area contributed by atoms with E-state index in [1.54, 1.807) is 0 Å². The molecule has 1 N–H and O–H groups in total. The van der Waals surface area contributed by atoms with E-state index in [-0.39, 0.29) is 0 Å². The van der Waals surface area contributed by atoms with Crippen LogP contribution in [0.15, 0.2) is 0 Å². The first-order valence-corrected chi connectivity index (χ1v) is 5.38. The molecule has 0 spiro atoms. The molecule has 1 atom stereocenters. The number of unbranched alkanes of at least 4 members (excludes halogenated alkanes) is 1. The zero-order valence-electron chi connectivity index (χ0n) is 9.21. The second kappa shape index (κ2) is 5.58. The van der Waals surface area contributed by atoms with E-state index in [0.717, 1.165) is 6.04 Å². The molecule has 0 aliphatic carbocycles. The van der Waals surface area contributed by atoms with Gasteiger partial charge in [-0.15, -0.1) is 0 Å². The topological polar surface area (TPSA) is 18.5 Å². The lowest BCUT2D eigenvalue weighted by Gasteiger charge is -2.37. The molecular formula is C10H23N3. The zero-order chi connectivity index (χ0) is 9.68. The van der Waals surface area contributed by atoms with Crippen molar-refractivity contribution in [2.45, 2.75) is 32.2 Å². The highest BCUT2D eigenvalue weighted by Crippen LogP contribution is 2.08. The van der Waals surface area contributed by atoms with Crippen LogP contribution in [0.25, 0.3) is 0 Å². The molecule has 78 valence electrons. The van der Waals surface area contributed by atoms with E-state index in [2.05, 4.69) is 36.4 Å². The Labute approximate surface area is 82.1 Å². The number of hydrazine groups is 1. The van der Waals surface area contributed by atoms with Crippen LogP contribution in [0.4, 0.5) is 0 Å². The highest BCUT2D eigenvalue weighted by atomic mass is 15.6. The lowest BCUT2D eigenvalue weighted by molar-refractivity contribution is 0.0672. The van der Waals surface area contributed by atoms with Gasteiger partial charge in [-0.1, -0.05) is 13.3 Å². The van der Waals surface area contributed by atoms with Gasteiger partial charge in [-0.25, -0.2) is 5.01 Å². The maximum atomic E-state index is 3.36. The van der Waals surface area contributed by atoms with Crippen molar-refractivity contribution >= 4 is 0 Å². The third-order valence-corrected chi connectivity index (χ3v) is 2.78. The van der Waals surface area contributed by atoms with Gasteiger partial charge < -0.3 is 4.90 Å². The van der Waals surface area contributed by atoms with Gasteiger partial charge in [0.2, 0.25) is 0 Å². The average Bonchev–Trinajstić information content (AvgIpc) is 2.08. The molecule has 0 amide bonds. The summed E-state index contributed by atoms with van der Waals surface area (Å²) in [5, 5.41) is 2.16. The number of nitrogens with one attached hydrogen (secondary N) is 1. The SMILES string of the molecule is CCN(C)CCCCC1CN(C)N1. The second-order valence-corrected chi connectivity index (χ2v) is 4.10. The number of rotatable bonds is 6. The summed E-state index contributed by atoms with van der Waals surface area (Å²) in [4.78, 5) is 2.38. The molecule has 0 aromatic rings. The van der Waals surface area contributed by atoms with Crippen molar-refractivity contribution in [1.82, 2.24) is 15.3 Å². The van der Waals surface area contributed by atoms with Crippen LogP contribution >= 0.6 is 0 Å². The van der Waals surface area contributed by atoms with Crippen molar-refractivity contribution in [3.05, 3.63) is 0 Å². The van der Waals surface area contributed by atoms with E-state index >= 15 is 0 Å². The molecule has 0 radical (unpaired) electrons. The fraction of sp³-hybridized carbons (Fsp3) is 1.00. The van der Waals surface area contributed by atoms with Gasteiger partial charge >= 0.3 is 0 Å². The molecule has 1 unspecified atom stereocenters. The van der Waals surface area contributed by atoms with Gasteiger partial charge in [0.1, 0.15) is 0 Å². The zero-order valence-corrected chi connectivity index (χ0v) is 9.21. The van der Waals surface area contributed by atoms with Crippen molar-refractivity contribution in [2.75, 3.05) is 33.7 Å². The van der Waals surface area contributed by atoms with Gasteiger partial charge in [0.25, 0.3) is 0 Å². The lowest BCUT2D eigenvalue weighted by atomic mass is 10.1. The van der Waals surface area contributed by atoms with Gasteiger partial charge in [-0.05, 0) is 33.0 Å². The van der Waals surface area contributed by atoms with Crippen LogP contribution in [0.3, 0.4) is 0 Å². The summed E-state index contributed by atoms with van der Waals surface area (Å²) in [5.41, 5.74) is 3.36. The van der Waals surface area contributed by atoms with Gasteiger partial charge in [-0.3, -0.25) is 5.43 Å². The smallest absolute Gasteiger partial charge is 0.0356 e. The van der Waals surface area contributed by atoms with Crippen LogP contribution in [-0.4, -0.2) is 49.7 Å². The summed E-state index contributed by atoms with van der Waals surface area (Å²) >= 11 is 0. The normalized spacial score (nSPS) is 23.5. The maximum Gasteiger partial charge on any atom is 0.0356 e. The molecule has 1 rings (SSSR count). The summed E-state index contributed by atoms with van der Waals surface area (Å²) in [5.74, 6) is 0. The van der Waals surface area contributed by atoms with Crippen LogP contribution < -0.4 is 5.43 Å². The molecule has 0 bridgehead atoms. The predicted molar refractivity (Wildman–Crippen MR) is 56.6 cm³/mol. The Bertz CT molecular complexity index is 132. The van der Waals surface area contributed by atoms with E-state index in [0.29, 0.717) is 0 Å². The van der Waals surface area contributed by atoms with E-state index < -0.39 is 0 Å². The van der Waals surface area contributed by atoms with Crippen LogP contribution in [0.2, 0.25) is 0 Å². The molecule has 1 heterocycles. The second-order valence-electron chi connectivity index (χ2n) is 4.10. The van der Waals surface area contributed by atoms with E-state index in [1.165, 1.54) is 38.9 Å². The largest absolute Gasteiger partial charge is 0.307 e. The van der Waals surface area contributed by atoms with E-state index in [4.69, 9.17) is 0 Å². The Kier molecular flexibility index (Phi) is 4.70. The van der Waals surface area contributed by atoms with Crippen LogP contribution in [-0.2, 0) is 0 Å². The lowest BCUT2D eigenvalue weighted by Crippen LogP contribution is -2.59. The third kappa shape index (κ3) is 4.07. The molecule has 3 nitrogen and oxygen atoms in total. The third-order valence-electron chi connectivity index (χ3n) is 2.78.